The van der Waals surface area contributed by atoms with Gasteiger partial charge in [0.05, 0.1) is 37.7 Å². The number of carbonyl (C=O) groups is 2. The minimum atomic E-state index is -0.613. The second kappa shape index (κ2) is 6.86. The molecule has 8 heteroatoms. The van der Waals surface area contributed by atoms with Gasteiger partial charge in [0.25, 0.3) is 0 Å². The Bertz CT molecular complexity index is 623. The highest BCUT2D eigenvalue weighted by atomic mass is 16.5. The monoisotopic (exact) mass is 332 g/mol. The maximum atomic E-state index is 12.5. The molecule has 128 valence electrons. The van der Waals surface area contributed by atoms with Gasteiger partial charge in [0.15, 0.2) is 0 Å². The summed E-state index contributed by atoms with van der Waals surface area (Å²) >= 11 is 0. The molecule has 0 aromatic carbocycles. The first-order valence-electron chi connectivity index (χ1n) is 7.98. The molecule has 1 saturated carbocycles. The predicted molar refractivity (Wildman–Crippen MR) is 82.9 cm³/mol. The zero-order chi connectivity index (χ0) is 17.1. The molecule has 1 fully saturated rings. The van der Waals surface area contributed by atoms with Gasteiger partial charge in [-0.15, -0.1) is 0 Å². The van der Waals surface area contributed by atoms with Gasteiger partial charge >= 0.3 is 11.9 Å². The Labute approximate surface area is 139 Å². The van der Waals surface area contributed by atoms with Crippen molar-refractivity contribution < 1.29 is 19.1 Å². The van der Waals surface area contributed by atoms with E-state index in [1.807, 2.05) is 0 Å². The van der Waals surface area contributed by atoms with Crippen LogP contribution in [-0.4, -0.2) is 45.1 Å². The largest absolute Gasteiger partial charge is 0.466 e. The summed E-state index contributed by atoms with van der Waals surface area (Å²) < 4.78 is 10.4. The number of hydrogen-bond acceptors (Lipinski definition) is 6. The molecule has 2 aromatic heterocycles. The van der Waals surface area contributed by atoms with E-state index in [1.54, 1.807) is 38.9 Å². The van der Waals surface area contributed by atoms with Crippen molar-refractivity contribution in [1.29, 1.82) is 0 Å². The molecule has 1 aliphatic carbocycles. The van der Waals surface area contributed by atoms with Crippen LogP contribution >= 0.6 is 0 Å². The fraction of sp³-hybridized carbons (Fsp3) is 0.500. The molecule has 0 radical (unpaired) electrons. The molecule has 0 saturated heterocycles. The summed E-state index contributed by atoms with van der Waals surface area (Å²) in [5.74, 6) is -2.52. The summed E-state index contributed by atoms with van der Waals surface area (Å²) in [6.07, 6.45) is 6.45. The topological polar surface area (TPSA) is 110 Å². The summed E-state index contributed by atoms with van der Waals surface area (Å²) in [7, 11) is 0. The van der Waals surface area contributed by atoms with E-state index in [1.165, 1.54) is 0 Å². The third-order valence-corrected chi connectivity index (χ3v) is 4.42. The summed E-state index contributed by atoms with van der Waals surface area (Å²) in [5.41, 5.74) is 1.57. The number of ether oxygens (including phenoxy) is 2. The number of carbonyl (C=O) groups excluding carboxylic acids is 2. The Morgan fingerprint density at radius 2 is 1.33 bits per heavy atom. The highest BCUT2D eigenvalue weighted by Gasteiger charge is 2.60. The summed E-state index contributed by atoms with van der Waals surface area (Å²) in [4.78, 5) is 39.1. The number of H-pyrrole nitrogens is 2. The van der Waals surface area contributed by atoms with Gasteiger partial charge in [-0.05, 0) is 13.8 Å². The number of nitrogens with zero attached hydrogens (tertiary/aromatic N) is 2. The van der Waals surface area contributed by atoms with Crippen molar-refractivity contribution in [3.05, 3.63) is 36.4 Å². The van der Waals surface area contributed by atoms with E-state index < -0.39 is 23.8 Å². The van der Waals surface area contributed by atoms with Crippen LogP contribution in [0.4, 0.5) is 0 Å². The van der Waals surface area contributed by atoms with Crippen molar-refractivity contribution in [2.45, 2.75) is 25.7 Å². The van der Waals surface area contributed by atoms with E-state index in [2.05, 4.69) is 19.9 Å². The normalized spacial score (nSPS) is 25.8. The van der Waals surface area contributed by atoms with Crippen LogP contribution < -0.4 is 0 Å². The first-order valence-corrected chi connectivity index (χ1v) is 7.98. The van der Waals surface area contributed by atoms with E-state index in [0.29, 0.717) is 0 Å². The van der Waals surface area contributed by atoms with Crippen molar-refractivity contribution in [2.24, 2.45) is 11.8 Å². The number of aromatic amines is 2. The van der Waals surface area contributed by atoms with Gasteiger partial charge in [-0.2, -0.15) is 0 Å². The smallest absolute Gasteiger partial charge is 0.310 e. The molecule has 8 nitrogen and oxygen atoms in total. The lowest BCUT2D eigenvalue weighted by molar-refractivity contribution is -0.171. The molecule has 2 N–H and O–H groups in total. The lowest BCUT2D eigenvalue weighted by Crippen LogP contribution is -2.52. The number of rotatable bonds is 6. The van der Waals surface area contributed by atoms with E-state index in [4.69, 9.17) is 9.47 Å². The van der Waals surface area contributed by atoms with Crippen molar-refractivity contribution in [1.82, 2.24) is 19.9 Å². The van der Waals surface area contributed by atoms with Gasteiger partial charge in [0, 0.05) is 35.6 Å². The quantitative estimate of drug-likeness (QED) is 0.773. The van der Waals surface area contributed by atoms with Crippen LogP contribution in [0.15, 0.2) is 25.0 Å². The Balaban J connectivity index is 1.99. The van der Waals surface area contributed by atoms with Gasteiger partial charge in [-0.1, -0.05) is 0 Å². The van der Waals surface area contributed by atoms with Crippen molar-refractivity contribution in [3.63, 3.8) is 0 Å². The van der Waals surface area contributed by atoms with Gasteiger partial charge in [0.1, 0.15) is 0 Å². The number of nitrogens with one attached hydrogen (secondary N) is 2. The van der Waals surface area contributed by atoms with Crippen LogP contribution in [-0.2, 0) is 19.1 Å². The van der Waals surface area contributed by atoms with Gasteiger partial charge in [0.2, 0.25) is 0 Å². The molecule has 0 spiro atoms. The summed E-state index contributed by atoms with van der Waals surface area (Å²) in [6.45, 7) is 4.01. The Hall–Kier alpha value is -2.64. The summed E-state index contributed by atoms with van der Waals surface area (Å²) in [5, 5.41) is 0. The van der Waals surface area contributed by atoms with Gasteiger partial charge in [-0.25, -0.2) is 9.97 Å². The van der Waals surface area contributed by atoms with Gasteiger partial charge in [-0.3, -0.25) is 9.59 Å². The average molecular weight is 332 g/mol. The molecule has 4 atom stereocenters. The van der Waals surface area contributed by atoms with Gasteiger partial charge < -0.3 is 19.4 Å². The van der Waals surface area contributed by atoms with Crippen molar-refractivity contribution >= 4 is 11.9 Å². The zero-order valence-electron chi connectivity index (χ0n) is 13.6. The lowest BCUT2D eigenvalue weighted by atomic mass is 9.54. The minimum absolute atomic E-state index is 0.249. The highest BCUT2D eigenvalue weighted by Crippen LogP contribution is 2.57. The number of aromatic nitrogens is 4. The second-order valence-corrected chi connectivity index (χ2v) is 5.62. The maximum absolute atomic E-state index is 12.5. The first kappa shape index (κ1) is 16.2. The van der Waals surface area contributed by atoms with E-state index >= 15 is 0 Å². The van der Waals surface area contributed by atoms with E-state index in [-0.39, 0.29) is 25.0 Å². The average Bonchev–Trinajstić information content (AvgIpc) is 3.20. The first-order chi connectivity index (χ1) is 11.7. The highest BCUT2D eigenvalue weighted by molar-refractivity contribution is 5.87. The third kappa shape index (κ3) is 2.68. The Morgan fingerprint density at radius 3 is 1.62 bits per heavy atom. The third-order valence-electron chi connectivity index (χ3n) is 4.42. The second-order valence-electron chi connectivity index (χ2n) is 5.62. The fourth-order valence-corrected chi connectivity index (χ4v) is 3.48. The number of imidazole rings is 2. The zero-order valence-corrected chi connectivity index (χ0v) is 13.6. The Kier molecular flexibility index (Phi) is 4.64. The van der Waals surface area contributed by atoms with Crippen LogP contribution in [0.25, 0.3) is 0 Å². The fourth-order valence-electron chi connectivity index (χ4n) is 3.48. The number of esters is 2. The minimum Gasteiger partial charge on any atom is -0.466 e. The Morgan fingerprint density at radius 1 is 0.917 bits per heavy atom. The predicted octanol–water partition coefficient (Wildman–Crippen LogP) is 1.37. The van der Waals surface area contributed by atoms with E-state index in [9.17, 15) is 9.59 Å². The van der Waals surface area contributed by atoms with Crippen LogP contribution in [0.2, 0.25) is 0 Å². The van der Waals surface area contributed by atoms with Crippen LogP contribution in [0.5, 0.6) is 0 Å². The summed E-state index contributed by atoms with van der Waals surface area (Å²) in [6, 6.07) is 0. The molecule has 2 aromatic rings. The molecule has 0 amide bonds. The molecule has 0 unspecified atom stereocenters. The van der Waals surface area contributed by atoms with E-state index in [0.717, 1.165) is 11.4 Å². The molecular weight excluding hydrogens is 312 g/mol. The van der Waals surface area contributed by atoms with Crippen molar-refractivity contribution in [2.75, 3.05) is 13.2 Å². The molecule has 0 bridgehead atoms. The maximum Gasteiger partial charge on any atom is 0.310 e. The molecule has 24 heavy (non-hydrogen) atoms. The van der Waals surface area contributed by atoms with Crippen LogP contribution in [0.3, 0.4) is 0 Å². The van der Waals surface area contributed by atoms with Crippen molar-refractivity contribution in [3.8, 4) is 0 Å². The molecule has 3 rings (SSSR count). The SMILES string of the molecule is CCOC(=O)[C@@H]1[C@@H](C(=O)OCC)[C@H](c2cnc[nH]2)[C@H]1c1cnc[nH]1. The molecule has 1 aliphatic rings. The lowest BCUT2D eigenvalue weighted by Gasteiger charge is -2.47. The molecule has 2 heterocycles. The number of hydrogen-bond donors (Lipinski definition) is 2. The van der Waals surface area contributed by atoms with Crippen LogP contribution in [0, 0.1) is 11.8 Å². The molecule has 0 aliphatic heterocycles. The molecular formula is C16H20N4O4. The van der Waals surface area contributed by atoms with Crippen LogP contribution in [0.1, 0.15) is 37.1 Å². The standard InChI is InChI=1S/C16H20N4O4/c1-3-23-15(21)13-11(9-5-17-7-19-9)12(10-6-18-8-20-10)14(13)16(22)24-4-2/h5-8,11-14H,3-4H2,1-2H3,(H,17,19)(H,18,20)/t11-,12-,13+,14+/m1/s1.